The predicted molar refractivity (Wildman–Crippen MR) is 110 cm³/mol. The van der Waals surface area contributed by atoms with E-state index in [1.165, 1.54) is 0 Å². The van der Waals surface area contributed by atoms with Crippen LogP contribution in [0.25, 0.3) is 16.7 Å². The Kier molecular flexibility index (Phi) is 4.69. The Hall–Kier alpha value is -3.26. The highest BCUT2D eigenvalue weighted by molar-refractivity contribution is 6.02. The molecule has 1 unspecified atom stereocenters. The molecule has 1 aromatic carbocycles. The lowest BCUT2D eigenvalue weighted by molar-refractivity contribution is 0.173. The van der Waals surface area contributed by atoms with E-state index < -0.39 is 6.17 Å². The van der Waals surface area contributed by atoms with Gasteiger partial charge in [0.25, 0.3) is 0 Å². The number of aromatic nitrogens is 4. The first kappa shape index (κ1) is 17.8. The largest absolute Gasteiger partial charge is 0.365 e. The van der Waals surface area contributed by atoms with Gasteiger partial charge in [0.15, 0.2) is 0 Å². The van der Waals surface area contributed by atoms with E-state index in [0.717, 1.165) is 46.6 Å². The molecule has 1 saturated heterocycles. The molecule has 0 bridgehead atoms. The normalized spacial score (nSPS) is 22.0. The second kappa shape index (κ2) is 7.63. The number of hydrogen-bond acceptors (Lipinski definition) is 5. The van der Waals surface area contributed by atoms with Crippen LogP contribution in [0.2, 0.25) is 0 Å². The summed E-state index contributed by atoms with van der Waals surface area (Å²) in [4.78, 5) is 4.62. The molecule has 3 N–H and O–H groups in total. The van der Waals surface area contributed by atoms with Crippen molar-refractivity contribution in [2.45, 2.75) is 18.6 Å². The number of nitrogens with one attached hydrogen (secondary N) is 3. The molecule has 0 saturated carbocycles. The molecule has 148 valence electrons. The number of amidine groups is 1. The minimum atomic E-state index is -0.915. The Bertz CT molecular complexity index is 1050. The van der Waals surface area contributed by atoms with Crippen molar-refractivity contribution in [3.05, 3.63) is 66.4 Å². The van der Waals surface area contributed by atoms with E-state index in [-0.39, 0.29) is 6.04 Å². The van der Waals surface area contributed by atoms with Crippen molar-refractivity contribution < 1.29 is 4.39 Å². The topological polar surface area (TPSA) is 82.9 Å². The van der Waals surface area contributed by atoms with E-state index in [2.05, 4.69) is 37.0 Å². The summed E-state index contributed by atoms with van der Waals surface area (Å²) in [7, 11) is 0. The van der Waals surface area contributed by atoms with Crippen molar-refractivity contribution >= 4 is 11.4 Å². The highest BCUT2D eigenvalue weighted by Gasteiger charge is 2.27. The molecule has 0 amide bonds. The summed E-state index contributed by atoms with van der Waals surface area (Å²) < 4.78 is 15.9. The van der Waals surface area contributed by atoms with Crippen molar-refractivity contribution in [2.24, 2.45) is 4.99 Å². The maximum absolute atomic E-state index is 14.2. The molecule has 2 aromatic heterocycles. The summed E-state index contributed by atoms with van der Waals surface area (Å²) in [6.07, 6.45) is 9.09. The van der Waals surface area contributed by atoms with Crippen LogP contribution in [0.4, 0.5) is 4.39 Å². The Morgan fingerprint density at radius 3 is 2.83 bits per heavy atom. The average Bonchev–Trinajstić information content (AvgIpc) is 3.47. The molecule has 2 aliphatic rings. The Morgan fingerprint density at radius 1 is 1.10 bits per heavy atom. The van der Waals surface area contributed by atoms with Crippen molar-refractivity contribution in [3.8, 4) is 11.1 Å². The number of benzene rings is 1. The molecule has 2 aliphatic heterocycles. The van der Waals surface area contributed by atoms with Crippen LogP contribution in [0.3, 0.4) is 0 Å². The molecule has 5 rings (SSSR count). The zero-order valence-corrected chi connectivity index (χ0v) is 15.8. The number of rotatable bonds is 4. The SMILES string of the molecule is F[C@@H]1CNCCC1n1cc(C2=CN=C(c3cccc(-c4cn[nH]c4)c3)NC2)cn1. The summed E-state index contributed by atoms with van der Waals surface area (Å²) in [5.41, 5.74) is 5.15. The van der Waals surface area contributed by atoms with E-state index >= 15 is 0 Å². The first-order valence-electron chi connectivity index (χ1n) is 9.77. The lowest BCUT2D eigenvalue weighted by Gasteiger charge is -2.26. The van der Waals surface area contributed by atoms with Crippen LogP contribution in [0.1, 0.15) is 23.6 Å². The second-order valence-corrected chi connectivity index (χ2v) is 7.34. The van der Waals surface area contributed by atoms with E-state index in [1.54, 1.807) is 17.1 Å². The number of aliphatic imine (C=N–C) groups is 1. The fourth-order valence-corrected chi connectivity index (χ4v) is 3.81. The monoisotopic (exact) mass is 391 g/mol. The molecule has 0 aliphatic carbocycles. The zero-order valence-electron chi connectivity index (χ0n) is 15.8. The lowest BCUT2D eigenvalue weighted by atomic mass is 10.0. The smallest absolute Gasteiger partial charge is 0.135 e. The maximum atomic E-state index is 14.2. The lowest BCUT2D eigenvalue weighted by Crippen LogP contribution is -2.39. The first-order valence-corrected chi connectivity index (χ1v) is 9.77. The third-order valence-corrected chi connectivity index (χ3v) is 5.45. The summed E-state index contributed by atoms with van der Waals surface area (Å²) in [6.45, 7) is 1.84. The van der Waals surface area contributed by atoms with Gasteiger partial charge in [0, 0.05) is 48.4 Å². The van der Waals surface area contributed by atoms with Gasteiger partial charge in [0.1, 0.15) is 12.0 Å². The Balaban J connectivity index is 1.36. The van der Waals surface area contributed by atoms with E-state index in [9.17, 15) is 4.39 Å². The summed E-state index contributed by atoms with van der Waals surface area (Å²) in [6, 6.07) is 7.98. The fourth-order valence-electron chi connectivity index (χ4n) is 3.81. The quantitative estimate of drug-likeness (QED) is 0.638. The minimum Gasteiger partial charge on any atom is -0.365 e. The van der Waals surface area contributed by atoms with Gasteiger partial charge >= 0.3 is 0 Å². The second-order valence-electron chi connectivity index (χ2n) is 7.34. The minimum absolute atomic E-state index is 0.202. The predicted octanol–water partition coefficient (Wildman–Crippen LogP) is 2.54. The van der Waals surface area contributed by atoms with Crippen LogP contribution in [0.15, 0.2) is 60.2 Å². The van der Waals surface area contributed by atoms with Crippen LogP contribution >= 0.6 is 0 Å². The molecule has 4 heterocycles. The van der Waals surface area contributed by atoms with Gasteiger partial charge in [-0.05, 0) is 30.2 Å². The van der Waals surface area contributed by atoms with Gasteiger partial charge < -0.3 is 10.6 Å². The van der Waals surface area contributed by atoms with Crippen molar-refractivity contribution in [1.29, 1.82) is 0 Å². The molecule has 8 heteroatoms. The molecule has 1 fully saturated rings. The fraction of sp³-hybridized carbons (Fsp3) is 0.286. The van der Waals surface area contributed by atoms with Gasteiger partial charge in [-0.15, -0.1) is 0 Å². The number of nitrogens with zero attached hydrogens (tertiary/aromatic N) is 4. The molecule has 7 nitrogen and oxygen atoms in total. The van der Waals surface area contributed by atoms with Gasteiger partial charge in [0.05, 0.1) is 18.4 Å². The zero-order chi connectivity index (χ0) is 19.6. The number of alkyl halides is 1. The van der Waals surface area contributed by atoms with Crippen LogP contribution in [-0.4, -0.2) is 51.6 Å². The summed E-state index contributed by atoms with van der Waals surface area (Å²) >= 11 is 0. The van der Waals surface area contributed by atoms with Gasteiger partial charge in [-0.1, -0.05) is 18.2 Å². The summed E-state index contributed by atoms with van der Waals surface area (Å²) in [5, 5.41) is 17.7. The molecule has 0 radical (unpaired) electrons. The van der Waals surface area contributed by atoms with Crippen LogP contribution in [0, 0.1) is 0 Å². The molecular weight excluding hydrogens is 369 g/mol. The molecule has 0 spiro atoms. The number of H-pyrrole nitrogens is 1. The van der Waals surface area contributed by atoms with Gasteiger partial charge in [-0.2, -0.15) is 10.2 Å². The molecule has 2 atom stereocenters. The standard InChI is InChI=1S/C21H22FN7/c22-19-12-23-5-4-20(19)29-13-18(11-28-29)16-7-24-21(25-8-16)15-3-1-2-14(6-15)17-9-26-27-10-17/h1-3,6-7,9-11,13,19-20,23H,4-5,8,12H2,(H,24,25)(H,26,27)/t19-,20?/m1/s1. The first-order chi connectivity index (χ1) is 14.3. The maximum Gasteiger partial charge on any atom is 0.135 e. The van der Waals surface area contributed by atoms with Crippen molar-refractivity contribution in [1.82, 2.24) is 30.6 Å². The summed E-state index contributed by atoms with van der Waals surface area (Å²) in [5.74, 6) is 0.827. The molecular formula is C21H22FN7. The van der Waals surface area contributed by atoms with E-state index in [1.807, 2.05) is 36.8 Å². The number of aromatic amines is 1. The highest BCUT2D eigenvalue weighted by atomic mass is 19.1. The van der Waals surface area contributed by atoms with Crippen LogP contribution in [-0.2, 0) is 0 Å². The van der Waals surface area contributed by atoms with E-state index in [4.69, 9.17) is 0 Å². The third-order valence-electron chi connectivity index (χ3n) is 5.45. The number of halogens is 1. The van der Waals surface area contributed by atoms with Crippen LogP contribution in [0.5, 0.6) is 0 Å². The molecule has 29 heavy (non-hydrogen) atoms. The Morgan fingerprint density at radius 2 is 2.03 bits per heavy atom. The number of piperidine rings is 1. The highest BCUT2D eigenvalue weighted by Crippen LogP contribution is 2.25. The number of hydrogen-bond donors (Lipinski definition) is 3. The van der Waals surface area contributed by atoms with Crippen LogP contribution < -0.4 is 10.6 Å². The average molecular weight is 391 g/mol. The third kappa shape index (κ3) is 3.58. The molecule has 3 aromatic rings. The van der Waals surface area contributed by atoms with Gasteiger partial charge in [0.2, 0.25) is 0 Å². The van der Waals surface area contributed by atoms with Gasteiger partial charge in [-0.3, -0.25) is 9.78 Å². The van der Waals surface area contributed by atoms with Gasteiger partial charge in [-0.25, -0.2) is 9.38 Å². The Labute approximate surface area is 167 Å². The van der Waals surface area contributed by atoms with Crippen molar-refractivity contribution in [3.63, 3.8) is 0 Å². The van der Waals surface area contributed by atoms with Crippen molar-refractivity contribution in [2.75, 3.05) is 19.6 Å². The van der Waals surface area contributed by atoms with E-state index in [0.29, 0.717) is 13.1 Å².